The molecule has 0 aromatic heterocycles. The molecule has 19 heavy (non-hydrogen) atoms. The summed E-state index contributed by atoms with van der Waals surface area (Å²) in [7, 11) is 0. The Morgan fingerprint density at radius 1 is 1.00 bits per heavy atom. The van der Waals surface area contributed by atoms with Crippen LogP contribution in [0.2, 0.25) is 0 Å². The number of epoxide rings is 1. The minimum Gasteiger partial charge on any atom is -0.360 e. The zero-order valence-corrected chi connectivity index (χ0v) is 9.92. The standard InChI is InChI=1S/C16H8N2O/c17-7-12-9-3-1-2-4-10(9)13(8-18)15-11(12)5-6-14-16(15)19-14/h1-6,14,16H. The largest absolute Gasteiger partial charge is 0.360 e. The minimum absolute atomic E-state index is 0.0497. The summed E-state index contributed by atoms with van der Waals surface area (Å²) >= 11 is 0. The highest BCUT2D eigenvalue weighted by Gasteiger charge is 2.44. The lowest BCUT2D eigenvalue weighted by atomic mass is 9.85. The van der Waals surface area contributed by atoms with Gasteiger partial charge in [-0.05, 0) is 5.56 Å². The molecule has 4 rings (SSSR count). The Morgan fingerprint density at radius 3 is 2.37 bits per heavy atom. The molecular formula is C16H8N2O. The predicted octanol–water partition coefficient (Wildman–Crippen LogP) is 3.05. The summed E-state index contributed by atoms with van der Waals surface area (Å²) in [6.45, 7) is 0. The van der Waals surface area contributed by atoms with Crippen LogP contribution in [-0.2, 0) is 4.74 Å². The molecule has 2 atom stereocenters. The van der Waals surface area contributed by atoms with Gasteiger partial charge < -0.3 is 4.74 Å². The Bertz CT molecular complexity index is 836. The average molecular weight is 244 g/mol. The van der Waals surface area contributed by atoms with Crippen molar-refractivity contribution < 1.29 is 4.74 Å². The normalized spacial score (nSPS) is 22.2. The fraction of sp³-hybridized carbons (Fsp3) is 0.125. The molecule has 2 aromatic rings. The first kappa shape index (κ1) is 10.3. The number of hydrogen-bond donors (Lipinski definition) is 0. The van der Waals surface area contributed by atoms with Crippen molar-refractivity contribution in [2.45, 2.75) is 12.2 Å². The number of nitrogens with zero attached hydrogens (tertiary/aromatic N) is 2. The van der Waals surface area contributed by atoms with Crippen molar-refractivity contribution >= 4 is 16.8 Å². The third kappa shape index (κ3) is 1.23. The lowest BCUT2D eigenvalue weighted by Gasteiger charge is -2.14. The van der Waals surface area contributed by atoms with E-state index in [1.165, 1.54) is 0 Å². The summed E-state index contributed by atoms with van der Waals surface area (Å²) in [4.78, 5) is 0. The Hall–Kier alpha value is -2.62. The maximum absolute atomic E-state index is 9.48. The van der Waals surface area contributed by atoms with E-state index in [0.717, 1.165) is 21.9 Å². The van der Waals surface area contributed by atoms with Crippen molar-refractivity contribution in [1.29, 1.82) is 10.5 Å². The van der Waals surface area contributed by atoms with Crippen LogP contribution in [-0.4, -0.2) is 6.10 Å². The topological polar surface area (TPSA) is 60.1 Å². The molecule has 0 radical (unpaired) electrons. The van der Waals surface area contributed by atoms with E-state index in [2.05, 4.69) is 12.1 Å². The van der Waals surface area contributed by atoms with Crippen LogP contribution in [0.25, 0.3) is 16.8 Å². The first-order valence-electron chi connectivity index (χ1n) is 6.07. The van der Waals surface area contributed by atoms with Gasteiger partial charge in [0.25, 0.3) is 0 Å². The van der Waals surface area contributed by atoms with Crippen molar-refractivity contribution in [1.82, 2.24) is 0 Å². The second-order valence-electron chi connectivity index (χ2n) is 4.73. The van der Waals surface area contributed by atoms with E-state index < -0.39 is 0 Å². The number of nitriles is 2. The van der Waals surface area contributed by atoms with Crippen LogP contribution in [0.1, 0.15) is 28.4 Å². The quantitative estimate of drug-likeness (QED) is 0.669. The van der Waals surface area contributed by atoms with Gasteiger partial charge in [0.2, 0.25) is 0 Å². The molecule has 3 nitrogen and oxygen atoms in total. The zero-order chi connectivity index (χ0) is 13.0. The second kappa shape index (κ2) is 3.45. The molecule has 3 heteroatoms. The molecule has 1 aliphatic carbocycles. The second-order valence-corrected chi connectivity index (χ2v) is 4.73. The van der Waals surface area contributed by atoms with Gasteiger partial charge >= 0.3 is 0 Å². The van der Waals surface area contributed by atoms with E-state index in [4.69, 9.17) is 4.74 Å². The van der Waals surface area contributed by atoms with Gasteiger partial charge in [-0.25, -0.2) is 0 Å². The summed E-state index contributed by atoms with van der Waals surface area (Å²) in [6, 6.07) is 12.1. The summed E-state index contributed by atoms with van der Waals surface area (Å²) in [5.41, 5.74) is 3.00. The first-order valence-corrected chi connectivity index (χ1v) is 6.07. The van der Waals surface area contributed by atoms with Crippen molar-refractivity contribution in [2.24, 2.45) is 0 Å². The van der Waals surface area contributed by atoms with Gasteiger partial charge in [0.15, 0.2) is 0 Å². The maximum atomic E-state index is 9.48. The zero-order valence-electron chi connectivity index (χ0n) is 9.92. The van der Waals surface area contributed by atoms with Crippen LogP contribution in [0.3, 0.4) is 0 Å². The summed E-state index contributed by atoms with van der Waals surface area (Å²) in [6.07, 6.45) is 3.90. The summed E-state index contributed by atoms with van der Waals surface area (Å²) in [5, 5.41) is 20.6. The lowest BCUT2D eigenvalue weighted by molar-refractivity contribution is 0.395. The molecule has 2 unspecified atom stereocenters. The fourth-order valence-corrected chi connectivity index (χ4v) is 2.88. The molecule has 88 valence electrons. The van der Waals surface area contributed by atoms with E-state index in [1.54, 1.807) is 0 Å². The van der Waals surface area contributed by atoms with Crippen LogP contribution in [0.4, 0.5) is 0 Å². The third-order valence-electron chi connectivity index (χ3n) is 3.78. The molecule has 2 aliphatic rings. The fourth-order valence-electron chi connectivity index (χ4n) is 2.88. The van der Waals surface area contributed by atoms with E-state index in [0.29, 0.717) is 11.1 Å². The molecule has 0 spiro atoms. The maximum Gasteiger partial charge on any atom is 0.115 e. The Kier molecular flexibility index (Phi) is 1.87. The highest BCUT2D eigenvalue weighted by molar-refractivity contribution is 5.97. The summed E-state index contributed by atoms with van der Waals surface area (Å²) in [5.74, 6) is 0. The molecule has 1 saturated heterocycles. The Morgan fingerprint density at radius 2 is 1.68 bits per heavy atom. The number of benzene rings is 2. The van der Waals surface area contributed by atoms with Crippen LogP contribution in [0.15, 0.2) is 30.3 Å². The number of fused-ring (bicyclic) bond motifs is 4. The molecule has 0 bridgehead atoms. The van der Waals surface area contributed by atoms with E-state index in [-0.39, 0.29) is 12.2 Å². The van der Waals surface area contributed by atoms with Gasteiger partial charge in [0, 0.05) is 16.3 Å². The Balaban J connectivity index is 2.25. The molecule has 0 amide bonds. The van der Waals surface area contributed by atoms with E-state index >= 15 is 0 Å². The van der Waals surface area contributed by atoms with E-state index in [9.17, 15) is 10.5 Å². The minimum atomic E-state index is -0.0497. The van der Waals surface area contributed by atoms with Gasteiger partial charge in [-0.2, -0.15) is 10.5 Å². The van der Waals surface area contributed by atoms with Crippen LogP contribution < -0.4 is 0 Å². The highest BCUT2D eigenvalue weighted by Crippen LogP contribution is 2.49. The molecule has 0 saturated carbocycles. The van der Waals surface area contributed by atoms with Crippen molar-refractivity contribution in [3.8, 4) is 12.1 Å². The smallest absolute Gasteiger partial charge is 0.115 e. The van der Waals surface area contributed by atoms with Crippen molar-refractivity contribution in [2.75, 3.05) is 0 Å². The van der Waals surface area contributed by atoms with Gasteiger partial charge in [0.05, 0.1) is 11.1 Å². The molecule has 1 aliphatic heterocycles. The van der Waals surface area contributed by atoms with Gasteiger partial charge in [-0.15, -0.1) is 0 Å². The van der Waals surface area contributed by atoms with Crippen molar-refractivity contribution in [3.63, 3.8) is 0 Å². The number of ether oxygens (including phenoxy) is 1. The third-order valence-corrected chi connectivity index (χ3v) is 3.78. The molecule has 2 aromatic carbocycles. The van der Waals surface area contributed by atoms with Gasteiger partial charge in [-0.3, -0.25) is 0 Å². The van der Waals surface area contributed by atoms with Crippen LogP contribution in [0, 0.1) is 22.7 Å². The first-order chi connectivity index (χ1) is 9.35. The number of hydrogen-bond acceptors (Lipinski definition) is 3. The SMILES string of the molecule is N#Cc1c2c(c(C#N)c3ccccc13)C1OC1C=C2. The van der Waals surface area contributed by atoms with Gasteiger partial charge in [-0.1, -0.05) is 36.4 Å². The van der Waals surface area contributed by atoms with E-state index in [1.807, 2.05) is 36.4 Å². The molecule has 1 fully saturated rings. The van der Waals surface area contributed by atoms with Crippen molar-refractivity contribution in [3.05, 3.63) is 52.6 Å². The molecule has 0 N–H and O–H groups in total. The van der Waals surface area contributed by atoms with Crippen LogP contribution in [0.5, 0.6) is 0 Å². The lowest BCUT2D eigenvalue weighted by Crippen LogP contribution is -2.03. The number of rotatable bonds is 0. The van der Waals surface area contributed by atoms with Crippen LogP contribution >= 0.6 is 0 Å². The molecule has 1 heterocycles. The summed E-state index contributed by atoms with van der Waals surface area (Å²) < 4.78 is 5.55. The monoisotopic (exact) mass is 244 g/mol. The highest BCUT2D eigenvalue weighted by atomic mass is 16.6. The van der Waals surface area contributed by atoms with Gasteiger partial charge in [0.1, 0.15) is 24.3 Å². The predicted molar refractivity (Wildman–Crippen MR) is 70.0 cm³/mol. The Labute approximate surface area is 110 Å². The molecular weight excluding hydrogens is 236 g/mol. The average Bonchev–Trinajstić information content (AvgIpc) is 3.24.